The first-order chi connectivity index (χ1) is 12.6. The summed E-state index contributed by atoms with van der Waals surface area (Å²) in [5.74, 6) is 0.782. The minimum Gasteiger partial charge on any atom is -0.491 e. The van der Waals surface area contributed by atoms with Crippen molar-refractivity contribution in [3.8, 4) is 5.75 Å². The molecule has 3 rings (SSSR count). The molecule has 1 saturated heterocycles. The monoisotopic (exact) mass is 374 g/mol. The molecule has 2 aromatic carbocycles. The second kappa shape index (κ2) is 9.26. The third-order valence-corrected chi connectivity index (χ3v) is 5.08. The molecule has 2 aromatic rings. The van der Waals surface area contributed by atoms with Crippen molar-refractivity contribution in [2.24, 2.45) is 0 Å². The van der Waals surface area contributed by atoms with E-state index in [1.807, 2.05) is 25.1 Å². The van der Waals surface area contributed by atoms with E-state index in [1.54, 1.807) is 0 Å². The van der Waals surface area contributed by atoms with Crippen LogP contribution in [0.15, 0.2) is 48.5 Å². The molecule has 0 radical (unpaired) electrons. The Morgan fingerprint density at radius 3 is 2.50 bits per heavy atom. The van der Waals surface area contributed by atoms with Crippen LogP contribution in [0, 0.1) is 6.92 Å². The molecule has 1 N–H and O–H groups in total. The first-order valence-corrected chi connectivity index (χ1v) is 9.59. The Morgan fingerprint density at radius 2 is 1.81 bits per heavy atom. The number of halogens is 1. The fraction of sp³-hybridized carbons (Fsp3) is 0.429. The lowest BCUT2D eigenvalue weighted by molar-refractivity contribution is 0.0863. The number of piperazine rings is 1. The first kappa shape index (κ1) is 19.0. The molecule has 0 aromatic heterocycles. The Balaban J connectivity index is 1.37. The summed E-state index contributed by atoms with van der Waals surface area (Å²) in [5, 5.41) is 10.9. The largest absolute Gasteiger partial charge is 0.491 e. The van der Waals surface area contributed by atoms with E-state index < -0.39 is 6.10 Å². The van der Waals surface area contributed by atoms with Gasteiger partial charge in [0.05, 0.1) is 6.10 Å². The third kappa shape index (κ3) is 5.37. The number of aliphatic hydroxyl groups is 1. The van der Waals surface area contributed by atoms with Gasteiger partial charge in [0.2, 0.25) is 0 Å². The van der Waals surface area contributed by atoms with Gasteiger partial charge in [-0.05, 0) is 49.2 Å². The quantitative estimate of drug-likeness (QED) is 0.803. The van der Waals surface area contributed by atoms with Crippen molar-refractivity contribution in [2.45, 2.75) is 19.4 Å². The van der Waals surface area contributed by atoms with Gasteiger partial charge in [-0.15, -0.1) is 0 Å². The summed E-state index contributed by atoms with van der Waals surface area (Å²) in [6.07, 6.45) is 0.259. The van der Waals surface area contributed by atoms with Crippen LogP contribution in [0.3, 0.4) is 0 Å². The molecule has 0 aliphatic carbocycles. The molecule has 1 fully saturated rings. The van der Waals surface area contributed by atoms with Crippen LogP contribution >= 0.6 is 11.6 Å². The van der Waals surface area contributed by atoms with Gasteiger partial charge in [-0.3, -0.25) is 4.90 Å². The van der Waals surface area contributed by atoms with E-state index in [-0.39, 0.29) is 0 Å². The fourth-order valence-corrected chi connectivity index (χ4v) is 3.47. The van der Waals surface area contributed by atoms with E-state index in [0.717, 1.165) is 50.5 Å². The van der Waals surface area contributed by atoms with E-state index in [0.29, 0.717) is 11.6 Å². The molecule has 1 aliphatic rings. The van der Waals surface area contributed by atoms with Gasteiger partial charge in [0, 0.05) is 43.4 Å². The summed E-state index contributed by atoms with van der Waals surface area (Å²) in [5.41, 5.74) is 2.28. The van der Waals surface area contributed by atoms with Crippen molar-refractivity contribution in [3.05, 3.63) is 59.1 Å². The Morgan fingerprint density at radius 1 is 1.08 bits per heavy atom. The second-order valence-electron chi connectivity index (χ2n) is 6.83. The van der Waals surface area contributed by atoms with E-state index in [1.165, 1.54) is 5.69 Å². The summed E-state index contributed by atoms with van der Waals surface area (Å²) < 4.78 is 5.73. The molecule has 140 valence electrons. The number of ether oxygens (including phenoxy) is 1. The molecule has 0 saturated carbocycles. The van der Waals surface area contributed by atoms with Crippen molar-refractivity contribution in [2.75, 3.05) is 44.2 Å². The van der Waals surface area contributed by atoms with Crippen molar-refractivity contribution >= 4 is 17.3 Å². The minimum absolute atomic E-state index is 0.312. The highest BCUT2D eigenvalue weighted by Gasteiger charge is 2.18. The maximum atomic E-state index is 10.2. The topological polar surface area (TPSA) is 35.9 Å². The Kier molecular flexibility index (Phi) is 6.78. The molecule has 4 nitrogen and oxygen atoms in total. The number of hydrogen-bond acceptors (Lipinski definition) is 4. The molecule has 26 heavy (non-hydrogen) atoms. The molecule has 5 heteroatoms. The van der Waals surface area contributed by atoms with Crippen LogP contribution in [-0.4, -0.2) is 55.4 Å². The van der Waals surface area contributed by atoms with Crippen LogP contribution in [0.4, 0.5) is 5.69 Å². The molecular formula is C21H27ClN2O2. The number of para-hydroxylation sites is 1. The van der Waals surface area contributed by atoms with Crippen LogP contribution in [0.1, 0.15) is 12.0 Å². The van der Waals surface area contributed by atoms with Crippen LogP contribution in [0.25, 0.3) is 0 Å². The smallest absolute Gasteiger partial charge is 0.122 e. The lowest BCUT2D eigenvalue weighted by Gasteiger charge is -2.36. The summed E-state index contributed by atoms with van der Waals surface area (Å²) in [6, 6.07) is 16.1. The van der Waals surface area contributed by atoms with Crippen LogP contribution in [0.5, 0.6) is 5.75 Å². The van der Waals surface area contributed by atoms with Gasteiger partial charge in [-0.1, -0.05) is 29.8 Å². The van der Waals surface area contributed by atoms with Gasteiger partial charge < -0.3 is 14.7 Å². The number of anilines is 1. The van der Waals surface area contributed by atoms with Crippen LogP contribution in [0.2, 0.25) is 5.02 Å². The summed E-state index contributed by atoms with van der Waals surface area (Å²) in [4.78, 5) is 4.83. The molecule has 0 spiro atoms. The normalized spacial score (nSPS) is 16.5. The van der Waals surface area contributed by atoms with Gasteiger partial charge in [-0.2, -0.15) is 0 Å². The highest BCUT2D eigenvalue weighted by Crippen LogP contribution is 2.22. The Hall–Kier alpha value is -1.75. The molecule has 0 amide bonds. The first-order valence-electron chi connectivity index (χ1n) is 9.21. The average Bonchev–Trinajstić information content (AvgIpc) is 2.67. The zero-order valence-corrected chi connectivity index (χ0v) is 16.0. The Labute approximate surface area is 160 Å². The maximum Gasteiger partial charge on any atom is 0.122 e. The van der Waals surface area contributed by atoms with Crippen LogP contribution < -0.4 is 9.64 Å². The zero-order valence-electron chi connectivity index (χ0n) is 15.3. The number of aliphatic hydroxyl groups excluding tert-OH is 1. The minimum atomic E-state index is -0.461. The molecule has 1 aliphatic heterocycles. The van der Waals surface area contributed by atoms with Gasteiger partial charge in [-0.25, -0.2) is 0 Å². The maximum absolute atomic E-state index is 10.2. The Bertz CT molecular complexity index is 688. The van der Waals surface area contributed by atoms with Crippen LogP contribution in [-0.2, 0) is 0 Å². The SMILES string of the molecule is Cc1cc(Cl)ccc1OCC(O)CCN1CCN(c2ccccc2)CC1. The van der Waals surface area contributed by atoms with Gasteiger partial charge in [0.15, 0.2) is 0 Å². The highest BCUT2D eigenvalue weighted by atomic mass is 35.5. The number of benzene rings is 2. The average molecular weight is 375 g/mol. The van der Waals surface area contributed by atoms with Crippen molar-refractivity contribution in [1.82, 2.24) is 4.90 Å². The fourth-order valence-electron chi connectivity index (χ4n) is 3.24. The van der Waals surface area contributed by atoms with Gasteiger partial charge >= 0.3 is 0 Å². The predicted octanol–water partition coefficient (Wildman–Crippen LogP) is 3.60. The molecular weight excluding hydrogens is 348 g/mol. The summed E-state index contributed by atoms with van der Waals surface area (Å²) >= 11 is 5.95. The van der Waals surface area contributed by atoms with E-state index >= 15 is 0 Å². The number of hydrogen-bond donors (Lipinski definition) is 1. The summed E-state index contributed by atoms with van der Waals surface area (Å²) in [7, 11) is 0. The zero-order chi connectivity index (χ0) is 18.4. The summed E-state index contributed by atoms with van der Waals surface area (Å²) in [6.45, 7) is 7.28. The second-order valence-corrected chi connectivity index (χ2v) is 7.26. The lowest BCUT2D eigenvalue weighted by atomic mass is 10.2. The molecule has 1 unspecified atom stereocenters. The van der Waals surface area contributed by atoms with E-state index in [4.69, 9.17) is 16.3 Å². The number of nitrogens with zero attached hydrogens (tertiary/aromatic N) is 2. The standard InChI is InChI=1S/C21H27ClN2O2/c1-17-15-18(22)7-8-21(17)26-16-20(25)9-10-23-11-13-24(14-12-23)19-5-3-2-4-6-19/h2-8,15,20,25H,9-14,16H2,1H3. The van der Waals surface area contributed by atoms with Gasteiger partial charge in [0.25, 0.3) is 0 Å². The number of aryl methyl sites for hydroxylation is 1. The molecule has 1 heterocycles. The van der Waals surface area contributed by atoms with Crippen molar-refractivity contribution in [1.29, 1.82) is 0 Å². The predicted molar refractivity (Wildman–Crippen MR) is 107 cm³/mol. The van der Waals surface area contributed by atoms with Crippen molar-refractivity contribution < 1.29 is 9.84 Å². The van der Waals surface area contributed by atoms with Crippen molar-refractivity contribution in [3.63, 3.8) is 0 Å². The van der Waals surface area contributed by atoms with E-state index in [2.05, 4.69) is 40.1 Å². The number of rotatable bonds is 7. The molecule has 0 bridgehead atoms. The van der Waals surface area contributed by atoms with E-state index in [9.17, 15) is 5.11 Å². The lowest BCUT2D eigenvalue weighted by Crippen LogP contribution is -2.47. The third-order valence-electron chi connectivity index (χ3n) is 4.84. The molecule has 1 atom stereocenters. The van der Waals surface area contributed by atoms with Gasteiger partial charge in [0.1, 0.15) is 12.4 Å². The highest BCUT2D eigenvalue weighted by molar-refractivity contribution is 6.30.